The number of carbonyl (C=O) groups excluding carboxylic acids is 1. The molecule has 1 aliphatic heterocycles. The van der Waals surface area contributed by atoms with Crippen LogP contribution in [0.2, 0.25) is 0 Å². The first-order valence-electron chi connectivity index (χ1n) is 9.06. The van der Waals surface area contributed by atoms with Gasteiger partial charge in [-0.2, -0.15) is 0 Å². The molecule has 0 spiro atoms. The Morgan fingerprint density at radius 1 is 1.12 bits per heavy atom. The lowest BCUT2D eigenvalue weighted by Gasteiger charge is -2.33. The highest BCUT2D eigenvalue weighted by atomic mass is 32.1. The number of anilines is 2. The Morgan fingerprint density at radius 2 is 1.85 bits per heavy atom. The molecule has 1 aliphatic rings. The molecule has 2 N–H and O–H groups in total. The van der Waals surface area contributed by atoms with Crippen molar-refractivity contribution in [3.05, 3.63) is 59.7 Å². The van der Waals surface area contributed by atoms with Crippen LogP contribution >= 0.6 is 12.2 Å². The van der Waals surface area contributed by atoms with Crippen LogP contribution in [0.1, 0.15) is 35.7 Å². The van der Waals surface area contributed by atoms with Gasteiger partial charge in [-0.05, 0) is 62.2 Å². The molecule has 1 saturated heterocycles. The van der Waals surface area contributed by atoms with Crippen molar-refractivity contribution < 1.29 is 4.79 Å². The van der Waals surface area contributed by atoms with Gasteiger partial charge in [-0.25, -0.2) is 0 Å². The highest BCUT2D eigenvalue weighted by Gasteiger charge is 2.18. The second-order valence-electron chi connectivity index (χ2n) is 6.96. The minimum Gasteiger partial charge on any atom is -0.370 e. The summed E-state index contributed by atoms with van der Waals surface area (Å²) in [6.45, 7) is 6.35. The topological polar surface area (TPSA) is 44.4 Å². The van der Waals surface area contributed by atoms with Gasteiger partial charge in [-0.1, -0.05) is 36.8 Å². The van der Waals surface area contributed by atoms with Gasteiger partial charge < -0.3 is 10.2 Å². The lowest BCUT2D eigenvalue weighted by molar-refractivity contribution is 0.0977. The van der Waals surface area contributed by atoms with Crippen LogP contribution in [0.25, 0.3) is 0 Å². The van der Waals surface area contributed by atoms with Gasteiger partial charge in [-0.15, -0.1) is 0 Å². The molecule has 1 heterocycles. The summed E-state index contributed by atoms with van der Waals surface area (Å²) in [6.07, 6.45) is 2.39. The number of amides is 1. The monoisotopic (exact) mass is 367 g/mol. The van der Waals surface area contributed by atoms with Crippen LogP contribution in [0, 0.1) is 12.8 Å². The molecule has 4 nitrogen and oxygen atoms in total. The van der Waals surface area contributed by atoms with Crippen LogP contribution in [0.15, 0.2) is 48.5 Å². The molecule has 2 aromatic carbocycles. The van der Waals surface area contributed by atoms with Crippen LogP contribution < -0.4 is 15.5 Å². The summed E-state index contributed by atoms with van der Waals surface area (Å²) in [4.78, 5) is 14.8. The van der Waals surface area contributed by atoms with Gasteiger partial charge in [0.25, 0.3) is 5.91 Å². The predicted octanol–water partition coefficient (Wildman–Crippen LogP) is 4.36. The van der Waals surface area contributed by atoms with Crippen molar-refractivity contribution in [2.24, 2.45) is 5.92 Å². The minimum absolute atomic E-state index is 0.199. The SMILES string of the molecule is Cc1cccc(C(=O)NC(=S)Nc2ccccc2N2CCC(C)CC2)c1. The van der Waals surface area contributed by atoms with Crippen molar-refractivity contribution in [3.63, 3.8) is 0 Å². The first-order valence-corrected chi connectivity index (χ1v) is 9.47. The number of benzene rings is 2. The maximum absolute atomic E-state index is 12.4. The average molecular weight is 368 g/mol. The van der Waals surface area contributed by atoms with E-state index in [0.717, 1.165) is 35.9 Å². The number of rotatable bonds is 3. The van der Waals surface area contributed by atoms with E-state index < -0.39 is 0 Å². The lowest BCUT2D eigenvalue weighted by Crippen LogP contribution is -2.36. The van der Waals surface area contributed by atoms with Crippen LogP contribution in [0.3, 0.4) is 0 Å². The van der Waals surface area contributed by atoms with Crippen LogP contribution in [-0.4, -0.2) is 24.1 Å². The number of aryl methyl sites for hydroxylation is 1. The van der Waals surface area contributed by atoms with E-state index >= 15 is 0 Å². The van der Waals surface area contributed by atoms with Gasteiger partial charge in [0.1, 0.15) is 0 Å². The largest absolute Gasteiger partial charge is 0.370 e. The zero-order valence-electron chi connectivity index (χ0n) is 15.3. The zero-order chi connectivity index (χ0) is 18.5. The Bertz CT molecular complexity index is 797. The van der Waals surface area contributed by atoms with E-state index in [1.807, 2.05) is 43.3 Å². The summed E-state index contributed by atoms with van der Waals surface area (Å²) in [5, 5.41) is 6.28. The van der Waals surface area contributed by atoms with E-state index in [9.17, 15) is 4.79 Å². The summed E-state index contributed by atoms with van der Waals surface area (Å²) in [5.74, 6) is 0.580. The molecule has 0 radical (unpaired) electrons. The maximum Gasteiger partial charge on any atom is 0.257 e. The fraction of sp³-hybridized carbons (Fsp3) is 0.333. The predicted molar refractivity (Wildman–Crippen MR) is 112 cm³/mol. The van der Waals surface area contributed by atoms with Crippen molar-refractivity contribution in [1.29, 1.82) is 0 Å². The standard InChI is InChI=1S/C21H25N3OS/c1-15-10-12-24(13-11-15)19-9-4-3-8-18(19)22-21(26)23-20(25)17-7-5-6-16(2)14-17/h3-9,14-15H,10-13H2,1-2H3,(H2,22,23,25,26). The summed E-state index contributed by atoms with van der Waals surface area (Å²) in [5.41, 5.74) is 3.71. The van der Waals surface area contributed by atoms with E-state index in [0.29, 0.717) is 10.7 Å². The second-order valence-corrected chi connectivity index (χ2v) is 7.37. The summed E-state index contributed by atoms with van der Waals surface area (Å²) in [6, 6.07) is 15.6. The van der Waals surface area contributed by atoms with Crippen molar-refractivity contribution in [3.8, 4) is 0 Å². The van der Waals surface area contributed by atoms with Gasteiger partial charge in [0.05, 0.1) is 11.4 Å². The molecule has 0 aromatic heterocycles. The van der Waals surface area contributed by atoms with Crippen LogP contribution in [-0.2, 0) is 0 Å². The zero-order valence-corrected chi connectivity index (χ0v) is 16.1. The molecule has 0 bridgehead atoms. The molecule has 2 aromatic rings. The Labute approximate surface area is 160 Å². The first kappa shape index (κ1) is 18.4. The lowest BCUT2D eigenvalue weighted by atomic mass is 9.98. The van der Waals surface area contributed by atoms with Gasteiger partial charge in [0.15, 0.2) is 5.11 Å². The molecule has 0 aliphatic carbocycles. The van der Waals surface area contributed by atoms with Gasteiger partial charge in [-0.3, -0.25) is 10.1 Å². The Hall–Kier alpha value is -2.40. The maximum atomic E-state index is 12.4. The van der Waals surface area contributed by atoms with Crippen molar-refractivity contribution >= 4 is 34.6 Å². The summed E-state index contributed by atoms with van der Waals surface area (Å²) < 4.78 is 0. The van der Waals surface area contributed by atoms with Crippen molar-refractivity contribution in [2.75, 3.05) is 23.3 Å². The van der Waals surface area contributed by atoms with E-state index in [4.69, 9.17) is 12.2 Å². The average Bonchev–Trinajstić information content (AvgIpc) is 2.63. The van der Waals surface area contributed by atoms with Crippen molar-refractivity contribution in [1.82, 2.24) is 5.32 Å². The third kappa shape index (κ3) is 4.61. The number of para-hydroxylation sites is 2. The molecule has 26 heavy (non-hydrogen) atoms. The molecule has 1 fully saturated rings. The normalized spacial score (nSPS) is 14.8. The fourth-order valence-electron chi connectivity index (χ4n) is 3.22. The van der Waals surface area contributed by atoms with E-state index in [1.165, 1.54) is 12.8 Å². The second kappa shape index (κ2) is 8.32. The molecular weight excluding hydrogens is 342 g/mol. The number of thiocarbonyl (C=S) groups is 1. The molecule has 0 unspecified atom stereocenters. The smallest absolute Gasteiger partial charge is 0.257 e. The summed E-state index contributed by atoms with van der Waals surface area (Å²) >= 11 is 5.36. The molecule has 0 saturated carbocycles. The van der Waals surface area contributed by atoms with E-state index in [2.05, 4.69) is 28.5 Å². The molecule has 1 amide bonds. The quantitative estimate of drug-likeness (QED) is 0.791. The third-order valence-corrected chi connectivity index (χ3v) is 4.99. The number of nitrogens with one attached hydrogen (secondary N) is 2. The third-order valence-electron chi connectivity index (χ3n) is 4.78. The van der Waals surface area contributed by atoms with E-state index in [1.54, 1.807) is 6.07 Å². The van der Waals surface area contributed by atoms with Crippen LogP contribution in [0.5, 0.6) is 0 Å². The van der Waals surface area contributed by atoms with Gasteiger partial charge in [0.2, 0.25) is 0 Å². The number of nitrogens with zero attached hydrogens (tertiary/aromatic N) is 1. The highest BCUT2D eigenvalue weighted by molar-refractivity contribution is 7.80. The first-order chi connectivity index (χ1) is 12.5. The number of piperidine rings is 1. The molecular formula is C21H25N3OS. The van der Waals surface area contributed by atoms with Gasteiger partial charge in [0, 0.05) is 18.7 Å². The molecule has 0 atom stereocenters. The van der Waals surface area contributed by atoms with Gasteiger partial charge >= 0.3 is 0 Å². The van der Waals surface area contributed by atoms with Crippen LogP contribution in [0.4, 0.5) is 11.4 Å². The summed E-state index contributed by atoms with van der Waals surface area (Å²) in [7, 11) is 0. The molecule has 5 heteroatoms. The number of hydrogen-bond donors (Lipinski definition) is 2. The minimum atomic E-state index is -0.199. The Kier molecular flexibility index (Phi) is 5.89. The highest BCUT2D eigenvalue weighted by Crippen LogP contribution is 2.29. The molecule has 136 valence electrons. The number of hydrogen-bond acceptors (Lipinski definition) is 3. The van der Waals surface area contributed by atoms with E-state index in [-0.39, 0.29) is 5.91 Å². The Balaban J connectivity index is 1.67. The number of carbonyl (C=O) groups is 1. The molecule has 3 rings (SSSR count). The van der Waals surface area contributed by atoms with Crippen molar-refractivity contribution in [2.45, 2.75) is 26.7 Å². The fourth-order valence-corrected chi connectivity index (χ4v) is 3.42. The Morgan fingerprint density at radius 3 is 2.58 bits per heavy atom.